The molecule has 7 nitrogen and oxygen atoms in total. The van der Waals surface area contributed by atoms with Crippen LogP contribution in [0.3, 0.4) is 0 Å². The number of hydroxylamine groups is 2. The van der Waals surface area contributed by atoms with Gasteiger partial charge in [-0.2, -0.15) is 18.5 Å². The topological polar surface area (TPSA) is 72.0 Å². The minimum atomic E-state index is -2.72. The third kappa shape index (κ3) is 1.90. The van der Waals surface area contributed by atoms with E-state index in [1.807, 2.05) is 11.5 Å². The quantitative estimate of drug-likeness (QED) is 0.926. The number of hydrogen-bond acceptors (Lipinski definition) is 5. The Kier molecular flexibility index (Phi) is 3.02. The van der Waals surface area contributed by atoms with Crippen LogP contribution in [0.5, 0.6) is 0 Å². The van der Waals surface area contributed by atoms with Crippen molar-refractivity contribution in [3.05, 3.63) is 17.2 Å². The Morgan fingerprint density at radius 1 is 1.30 bits per heavy atom. The second kappa shape index (κ2) is 4.60. The molecule has 0 bridgehead atoms. The van der Waals surface area contributed by atoms with E-state index < -0.39 is 6.55 Å². The maximum absolute atomic E-state index is 12.7. The van der Waals surface area contributed by atoms with Gasteiger partial charge in [0.05, 0.1) is 24.5 Å². The van der Waals surface area contributed by atoms with E-state index in [1.165, 1.54) is 6.92 Å². The van der Waals surface area contributed by atoms with Gasteiger partial charge in [-0.15, -0.1) is 5.10 Å². The van der Waals surface area contributed by atoms with Crippen molar-refractivity contribution < 1.29 is 14.0 Å². The van der Waals surface area contributed by atoms with Crippen LogP contribution in [0.15, 0.2) is 0 Å². The zero-order valence-corrected chi connectivity index (χ0v) is 11.1. The Balaban J connectivity index is 2.07. The van der Waals surface area contributed by atoms with E-state index >= 15 is 0 Å². The van der Waals surface area contributed by atoms with Crippen LogP contribution in [0, 0.1) is 6.92 Å². The summed E-state index contributed by atoms with van der Waals surface area (Å²) in [5, 5.41) is 14.5. The van der Waals surface area contributed by atoms with Gasteiger partial charge < -0.3 is 9.77 Å². The minimum Gasteiger partial charge on any atom is -0.324 e. The van der Waals surface area contributed by atoms with Gasteiger partial charge in [-0.3, -0.25) is 0 Å². The van der Waals surface area contributed by atoms with Crippen molar-refractivity contribution in [2.75, 3.05) is 0 Å². The minimum absolute atomic E-state index is 0.143. The first-order valence-electron chi connectivity index (χ1n) is 6.25. The van der Waals surface area contributed by atoms with Gasteiger partial charge in [0.2, 0.25) is 5.82 Å². The van der Waals surface area contributed by atoms with Gasteiger partial charge in [0.1, 0.15) is 5.82 Å². The van der Waals surface area contributed by atoms with Crippen LogP contribution in [0.2, 0.25) is 0 Å². The largest absolute Gasteiger partial charge is 0.334 e. The number of rotatable bonds is 3. The lowest BCUT2D eigenvalue weighted by molar-refractivity contribution is -0.0985. The molecule has 9 heteroatoms. The Hall–Kier alpha value is -1.87. The van der Waals surface area contributed by atoms with Crippen LogP contribution in [0.4, 0.5) is 8.78 Å². The highest BCUT2D eigenvalue weighted by Gasteiger charge is 2.28. The zero-order valence-electron chi connectivity index (χ0n) is 11.1. The molecule has 0 unspecified atom stereocenters. The Morgan fingerprint density at radius 3 is 2.65 bits per heavy atom. The van der Waals surface area contributed by atoms with E-state index in [9.17, 15) is 14.0 Å². The number of imidazole rings is 1. The monoisotopic (exact) mass is 284 g/mol. The van der Waals surface area contributed by atoms with E-state index in [0.717, 1.165) is 16.5 Å². The summed E-state index contributed by atoms with van der Waals surface area (Å²) < 4.78 is 27.9. The first-order chi connectivity index (χ1) is 9.51. The average Bonchev–Trinajstić information content (AvgIpc) is 3.00. The molecule has 1 aliphatic heterocycles. The van der Waals surface area contributed by atoms with Crippen molar-refractivity contribution in [2.45, 2.75) is 40.0 Å². The first kappa shape index (κ1) is 13.1. The summed E-state index contributed by atoms with van der Waals surface area (Å²) in [6, 6.07) is 0. The summed E-state index contributed by atoms with van der Waals surface area (Å²) in [4.78, 5) is 8.43. The van der Waals surface area contributed by atoms with Gasteiger partial charge in [0, 0.05) is 6.54 Å². The third-order valence-corrected chi connectivity index (χ3v) is 3.32. The Morgan fingerprint density at radius 2 is 2.05 bits per heavy atom. The van der Waals surface area contributed by atoms with Gasteiger partial charge in [-0.25, -0.2) is 9.97 Å². The molecule has 0 saturated heterocycles. The second-order valence-corrected chi connectivity index (χ2v) is 4.60. The normalized spacial score (nSPS) is 15.3. The molecule has 0 aromatic carbocycles. The molecule has 108 valence electrons. The Labute approximate surface area is 113 Å². The molecule has 0 radical (unpaired) electrons. The summed E-state index contributed by atoms with van der Waals surface area (Å²) in [7, 11) is 0. The van der Waals surface area contributed by atoms with Gasteiger partial charge in [0.15, 0.2) is 5.82 Å². The van der Waals surface area contributed by atoms with E-state index in [1.54, 1.807) is 0 Å². The van der Waals surface area contributed by atoms with Crippen LogP contribution in [-0.2, 0) is 19.6 Å². The molecule has 0 aliphatic carbocycles. The average molecular weight is 284 g/mol. The smallest absolute Gasteiger partial charge is 0.324 e. The maximum Gasteiger partial charge on any atom is 0.334 e. The standard InChI is InChI=1S/C11H14F2N6O/c1-3-18-8-5-17(20)4-7(8)15-10(18)9-14-6(2)19(16-9)11(12)13/h11,20H,3-5H2,1-2H3. The van der Waals surface area contributed by atoms with Crippen LogP contribution < -0.4 is 0 Å². The lowest BCUT2D eigenvalue weighted by atomic mass is 10.4. The number of aromatic nitrogens is 5. The van der Waals surface area contributed by atoms with Crippen LogP contribution >= 0.6 is 0 Å². The number of aryl methyl sites for hydroxylation is 1. The van der Waals surface area contributed by atoms with Crippen molar-refractivity contribution in [1.29, 1.82) is 0 Å². The number of fused-ring (bicyclic) bond motifs is 1. The van der Waals surface area contributed by atoms with Crippen molar-refractivity contribution in [1.82, 2.24) is 29.4 Å². The second-order valence-electron chi connectivity index (χ2n) is 4.60. The third-order valence-electron chi connectivity index (χ3n) is 3.32. The SMILES string of the molecule is CCn1c(-c2nc(C)n(C(F)F)n2)nc2c1CN(O)C2. The van der Waals surface area contributed by atoms with Crippen LogP contribution in [0.1, 0.15) is 30.7 Å². The number of nitrogens with zero attached hydrogens (tertiary/aromatic N) is 6. The number of hydrogen-bond donors (Lipinski definition) is 1. The molecule has 1 aliphatic rings. The molecule has 20 heavy (non-hydrogen) atoms. The fourth-order valence-electron chi connectivity index (χ4n) is 2.43. The van der Waals surface area contributed by atoms with E-state index in [0.29, 0.717) is 30.1 Å². The molecule has 0 spiro atoms. The summed E-state index contributed by atoms with van der Waals surface area (Å²) in [5.74, 6) is 0.793. The van der Waals surface area contributed by atoms with E-state index in [4.69, 9.17) is 0 Å². The lowest BCUT2D eigenvalue weighted by Gasteiger charge is -2.08. The molecule has 2 aromatic heterocycles. The van der Waals surface area contributed by atoms with Crippen molar-refractivity contribution in [3.63, 3.8) is 0 Å². The summed E-state index contributed by atoms with van der Waals surface area (Å²) >= 11 is 0. The highest BCUT2D eigenvalue weighted by atomic mass is 19.3. The van der Waals surface area contributed by atoms with E-state index in [2.05, 4.69) is 15.1 Å². The predicted molar refractivity (Wildman–Crippen MR) is 63.9 cm³/mol. The molecule has 0 amide bonds. The molecule has 0 fully saturated rings. The summed E-state index contributed by atoms with van der Waals surface area (Å²) in [6.45, 7) is 1.97. The molecule has 0 atom stereocenters. The Bertz CT molecular complexity index is 650. The van der Waals surface area contributed by atoms with Gasteiger partial charge in [-0.05, 0) is 13.8 Å². The van der Waals surface area contributed by atoms with E-state index in [-0.39, 0.29) is 11.6 Å². The van der Waals surface area contributed by atoms with Crippen molar-refractivity contribution in [2.24, 2.45) is 0 Å². The van der Waals surface area contributed by atoms with Gasteiger partial charge >= 0.3 is 6.55 Å². The molecule has 0 saturated carbocycles. The fourth-order valence-corrected chi connectivity index (χ4v) is 2.43. The van der Waals surface area contributed by atoms with Crippen molar-refractivity contribution >= 4 is 0 Å². The molecule has 2 aromatic rings. The molecular formula is C11H14F2N6O. The number of alkyl halides is 2. The maximum atomic E-state index is 12.7. The van der Waals surface area contributed by atoms with Crippen LogP contribution in [0.25, 0.3) is 11.6 Å². The lowest BCUT2D eigenvalue weighted by Crippen LogP contribution is -2.13. The highest BCUT2D eigenvalue weighted by molar-refractivity contribution is 5.47. The molecule has 3 rings (SSSR count). The fraction of sp³-hybridized carbons (Fsp3) is 0.545. The first-order valence-corrected chi connectivity index (χ1v) is 6.25. The summed E-state index contributed by atoms with van der Waals surface area (Å²) in [5.41, 5.74) is 1.60. The molecule has 1 N–H and O–H groups in total. The molecule has 3 heterocycles. The van der Waals surface area contributed by atoms with Gasteiger partial charge in [0.25, 0.3) is 0 Å². The predicted octanol–water partition coefficient (Wildman–Crippen LogP) is 1.57. The zero-order chi connectivity index (χ0) is 14.4. The van der Waals surface area contributed by atoms with Crippen LogP contribution in [-0.4, -0.2) is 34.6 Å². The van der Waals surface area contributed by atoms with Gasteiger partial charge in [-0.1, -0.05) is 0 Å². The highest BCUT2D eigenvalue weighted by Crippen LogP contribution is 2.27. The number of halogens is 2. The molecular weight excluding hydrogens is 270 g/mol. The summed E-state index contributed by atoms with van der Waals surface area (Å²) in [6.07, 6.45) is 0. The van der Waals surface area contributed by atoms with Crippen molar-refractivity contribution in [3.8, 4) is 11.6 Å².